The van der Waals surface area contributed by atoms with Crippen LogP contribution in [0.3, 0.4) is 0 Å². The lowest BCUT2D eigenvalue weighted by atomic mass is 9.91. The molecule has 0 saturated carbocycles. The number of anilines is 3. The lowest BCUT2D eigenvalue weighted by molar-refractivity contribution is 1.24. The Bertz CT molecular complexity index is 876. The van der Waals surface area contributed by atoms with E-state index in [1.807, 2.05) is 23.5 Å². The van der Waals surface area contributed by atoms with Gasteiger partial charge in [-0.25, -0.2) is 0 Å². The van der Waals surface area contributed by atoms with E-state index in [2.05, 4.69) is 96.3 Å². The molecule has 25 heavy (non-hydrogen) atoms. The summed E-state index contributed by atoms with van der Waals surface area (Å²) in [4.78, 5) is 2.37. The summed E-state index contributed by atoms with van der Waals surface area (Å²) < 4.78 is 1.35. The summed E-state index contributed by atoms with van der Waals surface area (Å²) in [6.07, 6.45) is 4.32. The second-order valence-corrected chi connectivity index (χ2v) is 7.67. The van der Waals surface area contributed by atoms with Crippen molar-refractivity contribution in [1.82, 2.24) is 0 Å². The monoisotopic (exact) mass is 361 g/mol. The molecule has 0 aliphatic carbocycles. The predicted molar refractivity (Wildman–Crippen MR) is 114 cm³/mol. The summed E-state index contributed by atoms with van der Waals surface area (Å²) in [5.41, 5.74) is 7.60. The number of fused-ring (bicyclic) bond motifs is 2. The summed E-state index contributed by atoms with van der Waals surface area (Å²) in [5, 5.41) is 0. The van der Waals surface area contributed by atoms with E-state index in [0.29, 0.717) is 0 Å². The molecule has 0 aromatic heterocycles. The Balaban J connectivity index is 2.06. The first-order chi connectivity index (χ1) is 12.3. The van der Waals surface area contributed by atoms with Crippen molar-refractivity contribution in [3.63, 3.8) is 0 Å². The van der Waals surface area contributed by atoms with Crippen LogP contribution in [0.5, 0.6) is 0 Å². The number of para-hydroxylation sites is 3. The Morgan fingerprint density at radius 3 is 1.64 bits per heavy atom. The Morgan fingerprint density at radius 2 is 1.12 bits per heavy atom. The smallest absolute Gasteiger partial charge is 0.0541 e. The molecule has 0 amide bonds. The number of hydrogen-bond donors (Lipinski definition) is 0. The van der Waals surface area contributed by atoms with E-state index in [1.165, 1.54) is 38.0 Å². The summed E-state index contributed by atoms with van der Waals surface area (Å²) >= 11 is 3.65. The molecular formula is C22H19NS2. The fraction of sp³-hybridized carbons (Fsp3) is 0.0909. The molecule has 0 saturated heterocycles. The van der Waals surface area contributed by atoms with Crippen molar-refractivity contribution in [2.75, 3.05) is 17.4 Å². The van der Waals surface area contributed by atoms with Crippen LogP contribution in [0.4, 0.5) is 17.1 Å². The van der Waals surface area contributed by atoms with Gasteiger partial charge < -0.3 is 4.90 Å². The standard InChI is InChI=1S/C22H19NS2/c1-24-22(25-2)21-17-12-6-8-14-19(17)23(16-10-4-3-5-11-16)20-15-9-7-13-18(20)21/h3-15H,1-2H3. The molecule has 1 heterocycles. The van der Waals surface area contributed by atoms with Gasteiger partial charge in [-0.15, -0.1) is 23.5 Å². The number of thioether (sulfide) groups is 2. The molecule has 0 radical (unpaired) electrons. The highest BCUT2D eigenvalue weighted by Gasteiger charge is 2.28. The van der Waals surface area contributed by atoms with Crippen molar-refractivity contribution in [2.24, 2.45) is 0 Å². The van der Waals surface area contributed by atoms with Gasteiger partial charge in [-0.05, 0) is 36.8 Å². The minimum atomic E-state index is 1.19. The molecule has 0 fully saturated rings. The Kier molecular flexibility index (Phi) is 4.60. The zero-order chi connectivity index (χ0) is 17.2. The van der Waals surface area contributed by atoms with Crippen molar-refractivity contribution >= 4 is 46.2 Å². The molecule has 0 bridgehead atoms. The molecule has 3 heteroatoms. The molecule has 1 aliphatic heterocycles. The first-order valence-electron chi connectivity index (χ1n) is 8.21. The summed E-state index contributed by atoms with van der Waals surface area (Å²) in [7, 11) is 0. The van der Waals surface area contributed by atoms with E-state index in [9.17, 15) is 0 Å². The summed E-state index contributed by atoms with van der Waals surface area (Å²) in [6, 6.07) is 28.0. The first kappa shape index (κ1) is 16.4. The van der Waals surface area contributed by atoms with Crippen molar-refractivity contribution in [3.05, 3.63) is 94.2 Å². The number of rotatable bonds is 3. The highest BCUT2D eigenvalue weighted by atomic mass is 32.2. The second-order valence-electron chi connectivity index (χ2n) is 5.78. The fourth-order valence-electron chi connectivity index (χ4n) is 3.40. The van der Waals surface area contributed by atoms with Crippen LogP contribution in [0, 0.1) is 0 Å². The van der Waals surface area contributed by atoms with Gasteiger partial charge in [0.1, 0.15) is 0 Å². The summed E-state index contributed by atoms with van der Waals surface area (Å²) in [5.74, 6) is 0. The third-order valence-corrected chi connectivity index (χ3v) is 6.57. The maximum Gasteiger partial charge on any atom is 0.0541 e. The molecule has 0 N–H and O–H groups in total. The number of benzene rings is 3. The lowest BCUT2D eigenvalue weighted by Crippen LogP contribution is -2.18. The number of nitrogens with zero attached hydrogens (tertiary/aromatic N) is 1. The molecule has 1 nitrogen and oxygen atoms in total. The van der Waals surface area contributed by atoms with Crippen molar-refractivity contribution < 1.29 is 0 Å². The molecule has 0 spiro atoms. The Morgan fingerprint density at radius 1 is 0.640 bits per heavy atom. The SMILES string of the molecule is CSC(SC)=C1c2ccccc2N(c2ccccc2)c2ccccc21. The molecular weight excluding hydrogens is 342 g/mol. The fourth-order valence-corrected chi connectivity index (χ4v) is 4.91. The predicted octanol–water partition coefficient (Wildman–Crippen LogP) is 6.91. The van der Waals surface area contributed by atoms with Gasteiger partial charge in [0, 0.05) is 26.6 Å². The molecule has 3 aromatic rings. The lowest BCUT2D eigenvalue weighted by Gasteiger charge is -2.35. The topological polar surface area (TPSA) is 3.24 Å². The van der Waals surface area contributed by atoms with Crippen LogP contribution >= 0.6 is 23.5 Å². The van der Waals surface area contributed by atoms with Gasteiger partial charge in [-0.1, -0.05) is 54.6 Å². The van der Waals surface area contributed by atoms with E-state index >= 15 is 0 Å². The van der Waals surface area contributed by atoms with Gasteiger partial charge in [-0.2, -0.15) is 0 Å². The average Bonchev–Trinajstić information content (AvgIpc) is 2.69. The van der Waals surface area contributed by atoms with Crippen LogP contribution in [0.1, 0.15) is 11.1 Å². The van der Waals surface area contributed by atoms with Crippen LogP contribution in [-0.2, 0) is 0 Å². The van der Waals surface area contributed by atoms with Crippen LogP contribution in [-0.4, -0.2) is 12.5 Å². The van der Waals surface area contributed by atoms with Crippen LogP contribution in [0.2, 0.25) is 0 Å². The third kappa shape index (κ3) is 2.78. The molecule has 1 aliphatic rings. The zero-order valence-electron chi connectivity index (χ0n) is 14.3. The maximum atomic E-state index is 2.37. The van der Waals surface area contributed by atoms with E-state index in [4.69, 9.17) is 0 Å². The van der Waals surface area contributed by atoms with Crippen LogP contribution in [0.25, 0.3) is 5.57 Å². The van der Waals surface area contributed by atoms with E-state index < -0.39 is 0 Å². The molecule has 3 aromatic carbocycles. The van der Waals surface area contributed by atoms with Crippen LogP contribution in [0.15, 0.2) is 83.1 Å². The largest absolute Gasteiger partial charge is 0.309 e. The highest BCUT2D eigenvalue weighted by Crippen LogP contribution is 2.51. The van der Waals surface area contributed by atoms with E-state index in [0.717, 1.165) is 0 Å². The van der Waals surface area contributed by atoms with Gasteiger partial charge in [0.2, 0.25) is 0 Å². The quantitative estimate of drug-likeness (QED) is 0.390. The molecule has 0 atom stereocenters. The average molecular weight is 362 g/mol. The molecule has 124 valence electrons. The van der Waals surface area contributed by atoms with Gasteiger partial charge in [0.15, 0.2) is 0 Å². The van der Waals surface area contributed by atoms with E-state index in [-0.39, 0.29) is 0 Å². The molecule has 0 unspecified atom stereocenters. The Hall–Kier alpha value is -2.10. The number of hydrogen-bond acceptors (Lipinski definition) is 3. The van der Waals surface area contributed by atoms with E-state index in [1.54, 1.807) is 0 Å². The minimum Gasteiger partial charge on any atom is -0.309 e. The van der Waals surface area contributed by atoms with Gasteiger partial charge in [-0.3, -0.25) is 0 Å². The maximum absolute atomic E-state index is 2.37. The minimum absolute atomic E-state index is 1.19. The van der Waals surface area contributed by atoms with Gasteiger partial charge >= 0.3 is 0 Å². The summed E-state index contributed by atoms with van der Waals surface area (Å²) in [6.45, 7) is 0. The van der Waals surface area contributed by atoms with Gasteiger partial charge in [0.05, 0.1) is 11.4 Å². The zero-order valence-corrected chi connectivity index (χ0v) is 15.9. The third-order valence-electron chi connectivity index (χ3n) is 4.42. The van der Waals surface area contributed by atoms with Crippen molar-refractivity contribution in [2.45, 2.75) is 0 Å². The second kappa shape index (κ2) is 7.03. The van der Waals surface area contributed by atoms with Crippen molar-refractivity contribution in [1.29, 1.82) is 0 Å². The highest BCUT2D eigenvalue weighted by molar-refractivity contribution is 8.21. The van der Waals surface area contributed by atoms with Crippen LogP contribution < -0.4 is 4.90 Å². The van der Waals surface area contributed by atoms with Gasteiger partial charge in [0.25, 0.3) is 0 Å². The normalized spacial score (nSPS) is 12.6. The Labute approximate surface area is 157 Å². The van der Waals surface area contributed by atoms with Crippen molar-refractivity contribution in [3.8, 4) is 0 Å². The first-order valence-corrected chi connectivity index (χ1v) is 10.7. The molecule has 4 rings (SSSR count).